The van der Waals surface area contributed by atoms with Crippen LogP contribution >= 0.6 is 12.0 Å². The highest BCUT2D eigenvalue weighted by Crippen LogP contribution is 1.96. The summed E-state index contributed by atoms with van der Waals surface area (Å²) >= 11 is 1.11. The first-order valence-electron chi connectivity index (χ1n) is 2.90. The van der Waals surface area contributed by atoms with Crippen molar-refractivity contribution in [1.29, 1.82) is 0 Å². The first-order chi connectivity index (χ1) is 4.41. The fourth-order valence-electron chi connectivity index (χ4n) is 0.285. The van der Waals surface area contributed by atoms with Crippen molar-refractivity contribution in [2.45, 2.75) is 19.8 Å². The van der Waals surface area contributed by atoms with Gasteiger partial charge in [0.15, 0.2) is 0 Å². The molecule has 4 heteroatoms. The Kier molecular flexibility index (Phi) is 8.44. The maximum atomic E-state index is 4.57. The summed E-state index contributed by atoms with van der Waals surface area (Å²) in [5, 5.41) is 4.25. The second kappa shape index (κ2) is 8.23. The molecular weight excluding hydrogens is 140 g/mol. The Hall–Kier alpha value is 0.230. The molecule has 0 aromatic heterocycles. The average molecular weight is 152 g/mol. The van der Waals surface area contributed by atoms with E-state index in [-0.39, 0.29) is 0 Å². The normalized spacial score (nSPS) is 10.0. The van der Waals surface area contributed by atoms with Gasteiger partial charge in [-0.25, -0.2) is 4.89 Å². The standard InChI is InChI=1S/C5H12O3S/c1-3-4-5-6-7-8-9-2/h3-5H2,1-2H3. The highest BCUT2D eigenvalue weighted by molar-refractivity contribution is 7.93. The zero-order chi connectivity index (χ0) is 6.95. The lowest BCUT2D eigenvalue weighted by Crippen LogP contribution is -1.93. The monoisotopic (exact) mass is 152 g/mol. The molecule has 0 aromatic carbocycles. The fraction of sp³-hybridized carbons (Fsp3) is 1.00. The van der Waals surface area contributed by atoms with Crippen molar-refractivity contribution >= 4 is 12.0 Å². The molecule has 0 radical (unpaired) electrons. The lowest BCUT2D eigenvalue weighted by molar-refractivity contribution is -0.460. The van der Waals surface area contributed by atoms with Crippen LogP contribution in [0.2, 0.25) is 0 Å². The van der Waals surface area contributed by atoms with Crippen LogP contribution in [-0.4, -0.2) is 12.9 Å². The van der Waals surface area contributed by atoms with E-state index in [9.17, 15) is 0 Å². The Labute approximate surface area is 59.7 Å². The van der Waals surface area contributed by atoms with Gasteiger partial charge in [0.1, 0.15) is 0 Å². The molecule has 0 spiro atoms. The molecule has 0 aliphatic rings. The number of hydrogen-bond acceptors (Lipinski definition) is 4. The maximum Gasteiger partial charge on any atom is 0.0854 e. The molecular formula is C5H12O3S. The molecule has 0 atom stereocenters. The molecule has 0 N–H and O–H groups in total. The predicted molar refractivity (Wildman–Crippen MR) is 36.5 cm³/mol. The van der Waals surface area contributed by atoms with Gasteiger partial charge >= 0.3 is 0 Å². The summed E-state index contributed by atoms with van der Waals surface area (Å²) < 4.78 is 4.37. The molecule has 9 heavy (non-hydrogen) atoms. The summed E-state index contributed by atoms with van der Waals surface area (Å²) in [4.78, 5) is 4.57. The van der Waals surface area contributed by atoms with Crippen molar-refractivity contribution in [2.75, 3.05) is 12.9 Å². The van der Waals surface area contributed by atoms with E-state index < -0.39 is 0 Å². The van der Waals surface area contributed by atoms with E-state index in [0.717, 1.165) is 24.9 Å². The summed E-state index contributed by atoms with van der Waals surface area (Å²) in [7, 11) is 0. The molecule has 0 heterocycles. The van der Waals surface area contributed by atoms with E-state index in [1.807, 2.05) is 0 Å². The van der Waals surface area contributed by atoms with Gasteiger partial charge in [0.25, 0.3) is 0 Å². The lowest BCUT2D eigenvalue weighted by Gasteiger charge is -1.97. The van der Waals surface area contributed by atoms with Crippen LogP contribution in [-0.2, 0) is 14.3 Å². The molecule has 0 aliphatic carbocycles. The van der Waals surface area contributed by atoms with E-state index >= 15 is 0 Å². The van der Waals surface area contributed by atoms with Crippen molar-refractivity contribution < 1.29 is 14.3 Å². The van der Waals surface area contributed by atoms with Gasteiger partial charge in [0.2, 0.25) is 0 Å². The Balaban J connectivity index is 2.60. The van der Waals surface area contributed by atoms with E-state index in [1.165, 1.54) is 0 Å². The summed E-state index contributed by atoms with van der Waals surface area (Å²) in [5.74, 6) is 0. The molecule has 0 aromatic rings. The highest BCUT2D eigenvalue weighted by Gasteiger charge is 1.85. The van der Waals surface area contributed by atoms with Gasteiger partial charge in [-0.3, -0.25) is 0 Å². The quantitative estimate of drug-likeness (QED) is 0.251. The van der Waals surface area contributed by atoms with E-state index in [4.69, 9.17) is 0 Å². The Morgan fingerprint density at radius 1 is 1.44 bits per heavy atom. The Morgan fingerprint density at radius 3 is 2.78 bits per heavy atom. The smallest absolute Gasteiger partial charge is 0.0854 e. The zero-order valence-corrected chi connectivity index (χ0v) is 6.57. The van der Waals surface area contributed by atoms with E-state index in [2.05, 4.69) is 21.2 Å². The van der Waals surface area contributed by atoms with Crippen molar-refractivity contribution in [3.05, 3.63) is 0 Å². The Bertz CT molecular complexity index is 45.5. The summed E-state index contributed by atoms with van der Waals surface area (Å²) in [6, 6.07) is 0. The van der Waals surface area contributed by atoms with Gasteiger partial charge in [-0.1, -0.05) is 18.4 Å². The van der Waals surface area contributed by atoms with Crippen LogP contribution in [0, 0.1) is 0 Å². The maximum absolute atomic E-state index is 4.57. The van der Waals surface area contributed by atoms with E-state index in [1.54, 1.807) is 6.26 Å². The highest BCUT2D eigenvalue weighted by atomic mass is 32.2. The van der Waals surface area contributed by atoms with Crippen LogP contribution in [0.25, 0.3) is 0 Å². The van der Waals surface area contributed by atoms with Gasteiger partial charge in [-0.2, -0.15) is 0 Å². The van der Waals surface area contributed by atoms with Crippen LogP contribution in [0.1, 0.15) is 19.8 Å². The topological polar surface area (TPSA) is 27.7 Å². The number of hydrogen-bond donors (Lipinski definition) is 0. The minimum absolute atomic E-state index is 0.594. The van der Waals surface area contributed by atoms with Gasteiger partial charge in [-0.05, 0) is 6.42 Å². The molecule has 0 aliphatic heterocycles. The molecule has 0 amide bonds. The number of rotatable bonds is 6. The van der Waals surface area contributed by atoms with Gasteiger partial charge in [0, 0.05) is 18.3 Å². The summed E-state index contributed by atoms with van der Waals surface area (Å²) in [6.45, 7) is 2.68. The van der Waals surface area contributed by atoms with Gasteiger partial charge < -0.3 is 0 Å². The molecule has 3 nitrogen and oxygen atoms in total. The molecule has 0 saturated carbocycles. The Morgan fingerprint density at radius 2 is 2.22 bits per heavy atom. The van der Waals surface area contributed by atoms with Crippen molar-refractivity contribution in [1.82, 2.24) is 0 Å². The fourth-order valence-corrected chi connectivity index (χ4v) is 0.380. The van der Waals surface area contributed by atoms with Crippen molar-refractivity contribution in [2.24, 2.45) is 0 Å². The van der Waals surface area contributed by atoms with Gasteiger partial charge in [-0.15, -0.1) is 4.33 Å². The third-order valence-corrected chi connectivity index (χ3v) is 0.917. The zero-order valence-electron chi connectivity index (χ0n) is 5.75. The SMILES string of the molecule is CCCCOOOSC. The van der Waals surface area contributed by atoms with Crippen LogP contribution in [0.4, 0.5) is 0 Å². The van der Waals surface area contributed by atoms with Crippen LogP contribution in [0.5, 0.6) is 0 Å². The largest absolute Gasteiger partial charge is 0.205 e. The van der Waals surface area contributed by atoms with Gasteiger partial charge in [0.05, 0.1) is 6.61 Å². The van der Waals surface area contributed by atoms with Crippen molar-refractivity contribution in [3.63, 3.8) is 0 Å². The number of unbranched alkanes of at least 4 members (excludes halogenated alkanes) is 1. The van der Waals surface area contributed by atoms with Crippen molar-refractivity contribution in [3.8, 4) is 0 Å². The first kappa shape index (κ1) is 9.23. The lowest BCUT2D eigenvalue weighted by atomic mass is 10.4. The molecule has 0 rings (SSSR count). The molecule has 0 saturated heterocycles. The second-order valence-electron chi connectivity index (χ2n) is 1.48. The molecule has 56 valence electrons. The molecule has 0 unspecified atom stereocenters. The molecule has 0 bridgehead atoms. The minimum Gasteiger partial charge on any atom is -0.205 e. The average Bonchev–Trinajstić information content (AvgIpc) is 1.89. The molecule has 0 fully saturated rings. The third-order valence-electron chi connectivity index (χ3n) is 0.725. The minimum atomic E-state index is 0.594. The third kappa shape index (κ3) is 8.23. The van der Waals surface area contributed by atoms with E-state index in [0.29, 0.717) is 6.61 Å². The van der Waals surface area contributed by atoms with Crippen LogP contribution in [0.3, 0.4) is 0 Å². The van der Waals surface area contributed by atoms with Crippen LogP contribution in [0.15, 0.2) is 0 Å². The summed E-state index contributed by atoms with van der Waals surface area (Å²) in [6.07, 6.45) is 3.85. The summed E-state index contributed by atoms with van der Waals surface area (Å²) in [5.41, 5.74) is 0. The first-order valence-corrected chi connectivity index (χ1v) is 4.05. The second-order valence-corrected chi connectivity index (χ2v) is 1.95. The predicted octanol–water partition coefficient (Wildman–Crippen LogP) is 1.94. The van der Waals surface area contributed by atoms with Crippen LogP contribution < -0.4 is 0 Å².